The minimum absolute atomic E-state index is 0.118. The second kappa shape index (κ2) is 12.8. The second-order valence-electron chi connectivity index (χ2n) is 8.18. The van der Waals surface area contributed by atoms with Gasteiger partial charge in [0.1, 0.15) is 17.5 Å². The number of primary amides is 1. The zero-order valence-corrected chi connectivity index (χ0v) is 19.8. The van der Waals surface area contributed by atoms with Gasteiger partial charge in [0.25, 0.3) is 0 Å². The molecule has 2 unspecified atom stereocenters. The molecule has 2 atom stereocenters. The van der Waals surface area contributed by atoms with Crippen LogP contribution in [-0.4, -0.2) is 45.4 Å². The number of carbonyl (C=O) groups is 3. The smallest absolute Gasteiger partial charge is 0.243 e. The summed E-state index contributed by atoms with van der Waals surface area (Å²) in [5.74, 6) is -0.650. The van der Waals surface area contributed by atoms with Crippen molar-refractivity contribution in [2.24, 2.45) is 11.7 Å². The molecule has 0 saturated heterocycles. The molecule has 3 amide bonds. The number of carbonyl (C=O) groups excluding carboxylic acids is 3. The van der Waals surface area contributed by atoms with Gasteiger partial charge in [0.05, 0.1) is 25.3 Å². The van der Waals surface area contributed by atoms with E-state index in [1.807, 2.05) is 13.8 Å². The monoisotopic (exact) mass is 478 g/mol. The molecular weight excluding hydrogens is 448 g/mol. The van der Waals surface area contributed by atoms with Gasteiger partial charge in [0, 0.05) is 24.4 Å². The van der Waals surface area contributed by atoms with Crippen LogP contribution in [0.15, 0.2) is 30.5 Å². The molecule has 0 aliphatic heterocycles. The highest BCUT2D eigenvalue weighted by atomic mass is 35.5. The third-order valence-corrected chi connectivity index (χ3v) is 4.88. The Kier molecular flexibility index (Phi) is 10.1. The van der Waals surface area contributed by atoms with E-state index in [0.29, 0.717) is 30.3 Å². The molecule has 0 radical (unpaired) electrons. The molecule has 1 aromatic heterocycles. The van der Waals surface area contributed by atoms with Gasteiger partial charge in [-0.1, -0.05) is 30.7 Å². The van der Waals surface area contributed by atoms with Crippen molar-refractivity contribution in [2.75, 3.05) is 6.61 Å². The van der Waals surface area contributed by atoms with Crippen LogP contribution in [0, 0.1) is 5.92 Å². The summed E-state index contributed by atoms with van der Waals surface area (Å²) in [7, 11) is 0. The number of hydrogen-bond donors (Lipinski definition) is 3. The van der Waals surface area contributed by atoms with Crippen LogP contribution in [0.3, 0.4) is 0 Å². The fourth-order valence-corrected chi connectivity index (χ4v) is 3.12. The quantitative estimate of drug-likeness (QED) is 0.376. The highest BCUT2D eigenvalue weighted by Crippen LogP contribution is 2.16. The van der Waals surface area contributed by atoms with Crippen molar-refractivity contribution in [3.8, 4) is 5.75 Å². The zero-order valence-electron chi connectivity index (χ0n) is 19.1. The van der Waals surface area contributed by atoms with Gasteiger partial charge in [-0.15, -0.1) is 5.10 Å². The molecule has 0 bridgehead atoms. The molecule has 0 aliphatic carbocycles. The van der Waals surface area contributed by atoms with Crippen LogP contribution >= 0.6 is 11.6 Å². The number of ether oxygens (including phenoxy) is 1. The lowest BCUT2D eigenvalue weighted by atomic mass is 10.1. The van der Waals surface area contributed by atoms with Crippen molar-refractivity contribution < 1.29 is 19.1 Å². The molecule has 1 heterocycles. The van der Waals surface area contributed by atoms with Crippen molar-refractivity contribution >= 4 is 29.3 Å². The summed E-state index contributed by atoms with van der Waals surface area (Å²) >= 11 is 5.85. The molecule has 33 heavy (non-hydrogen) atoms. The van der Waals surface area contributed by atoms with Crippen LogP contribution in [0.4, 0.5) is 0 Å². The van der Waals surface area contributed by atoms with Crippen LogP contribution in [0.5, 0.6) is 5.75 Å². The first-order valence-corrected chi connectivity index (χ1v) is 11.2. The summed E-state index contributed by atoms with van der Waals surface area (Å²) in [5, 5.41) is 14.2. The topological polar surface area (TPSA) is 141 Å². The molecule has 2 aromatic rings. The Morgan fingerprint density at radius 2 is 1.82 bits per heavy atom. The van der Waals surface area contributed by atoms with E-state index in [-0.39, 0.29) is 24.7 Å². The number of nitrogens with zero attached hydrogens (tertiary/aromatic N) is 3. The number of nitrogens with two attached hydrogens (primary N) is 1. The normalized spacial score (nSPS) is 12.8. The van der Waals surface area contributed by atoms with Crippen LogP contribution in [0.2, 0.25) is 5.02 Å². The second-order valence-corrected chi connectivity index (χ2v) is 8.62. The van der Waals surface area contributed by atoms with E-state index in [9.17, 15) is 14.4 Å². The Hall–Kier alpha value is -3.14. The van der Waals surface area contributed by atoms with E-state index < -0.39 is 23.9 Å². The summed E-state index contributed by atoms with van der Waals surface area (Å²) < 4.78 is 7.31. The molecule has 10 nitrogen and oxygen atoms in total. The molecule has 0 spiro atoms. The molecule has 4 N–H and O–H groups in total. The number of nitrogens with one attached hydrogen (secondary N) is 2. The molecule has 0 fully saturated rings. The molecule has 11 heteroatoms. The summed E-state index contributed by atoms with van der Waals surface area (Å²) in [4.78, 5) is 36.1. The third kappa shape index (κ3) is 9.48. The predicted octanol–water partition coefficient (Wildman–Crippen LogP) is 1.98. The summed E-state index contributed by atoms with van der Waals surface area (Å²) in [6.45, 7) is 6.59. The van der Waals surface area contributed by atoms with Gasteiger partial charge in [-0.25, -0.2) is 0 Å². The van der Waals surface area contributed by atoms with Crippen LogP contribution < -0.4 is 21.1 Å². The minimum Gasteiger partial charge on any atom is -0.494 e. The molecule has 2 rings (SSSR count). The molecular formula is C22H31ClN6O4. The van der Waals surface area contributed by atoms with Crippen LogP contribution in [0.1, 0.15) is 51.8 Å². The zero-order chi connectivity index (χ0) is 24.4. The van der Waals surface area contributed by atoms with Crippen LogP contribution in [-0.2, 0) is 20.9 Å². The molecule has 180 valence electrons. The number of aryl methyl sites for hydroxylation is 1. The standard InChI is InChI=1S/C22H31ClN6O4/c1-14(2)11-21(31)26-18(12-20(24)30)22(32)25-15(3)19-13-29(28-27-19)9-4-10-33-17-7-5-16(23)6-8-17/h5-8,13-15,18H,4,9-12H2,1-3H3,(H2,24,30)(H,25,32)(H,26,31). The maximum Gasteiger partial charge on any atom is 0.243 e. The third-order valence-electron chi connectivity index (χ3n) is 4.62. The van der Waals surface area contributed by atoms with Crippen molar-refractivity contribution in [1.82, 2.24) is 25.6 Å². The molecule has 0 aliphatic rings. The predicted molar refractivity (Wildman–Crippen MR) is 123 cm³/mol. The number of aromatic nitrogens is 3. The maximum atomic E-state index is 12.6. The lowest BCUT2D eigenvalue weighted by Gasteiger charge is -2.20. The van der Waals surface area contributed by atoms with E-state index in [2.05, 4.69) is 20.9 Å². The average molecular weight is 479 g/mol. The Morgan fingerprint density at radius 3 is 2.45 bits per heavy atom. The lowest BCUT2D eigenvalue weighted by Crippen LogP contribution is -2.49. The SMILES string of the molecule is CC(C)CC(=O)NC(CC(N)=O)C(=O)NC(C)c1cn(CCCOc2ccc(Cl)cc2)nn1. The minimum atomic E-state index is -1.05. The Bertz CT molecular complexity index is 931. The number of rotatable bonds is 13. The number of benzene rings is 1. The molecule has 0 saturated carbocycles. The Morgan fingerprint density at radius 1 is 1.12 bits per heavy atom. The van der Waals surface area contributed by atoms with Gasteiger partial charge in [0.15, 0.2) is 0 Å². The highest BCUT2D eigenvalue weighted by molar-refractivity contribution is 6.30. The number of halogens is 1. The number of hydrogen-bond acceptors (Lipinski definition) is 6. The van der Waals surface area contributed by atoms with Crippen molar-refractivity contribution in [2.45, 2.75) is 58.7 Å². The largest absolute Gasteiger partial charge is 0.494 e. The highest BCUT2D eigenvalue weighted by Gasteiger charge is 2.25. The van der Waals surface area contributed by atoms with E-state index in [1.54, 1.807) is 42.1 Å². The van der Waals surface area contributed by atoms with E-state index in [1.165, 1.54) is 0 Å². The van der Waals surface area contributed by atoms with Gasteiger partial charge in [0.2, 0.25) is 17.7 Å². The van der Waals surface area contributed by atoms with Gasteiger partial charge < -0.3 is 21.1 Å². The van der Waals surface area contributed by atoms with Gasteiger partial charge in [-0.05, 0) is 37.1 Å². The van der Waals surface area contributed by atoms with E-state index in [0.717, 1.165) is 5.75 Å². The van der Waals surface area contributed by atoms with Gasteiger partial charge in [-0.3, -0.25) is 19.1 Å². The van der Waals surface area contributed by atoms with Gasteiger partial charge >= 0.3 is 0 Å². The van der Waals surface area contributed by atoms with Crippen molar-refractivity contribution in [3.63, 3.8) is 0 Å². The lowest BCUT2D eigenvalue weighted by molar-refractivity contribution is -0.131. The first-order chi connectivity index (χ1) is 15.6. The van der Waals surface area contributed by atoms with Crippen LogP contribution in [0.25, 0.3) is 0 Å². The Labute approximate surface area is 198 Å². The first-order valence-electron chi connectivity index (χ1n) is 10.8. The van der Waals surface area contributed by atoms with Crippen molar-refractivity contribution in [3.05, 3.63) is 41.2 Å². The summed E-state index contributed by atoms with van der Waals surface area (Å²) in [6.07, 6.45) is 2.39. The Balaban J connectivity index is 1.84. The first kappa shape index (κ1) is 26.1. The summed E-state index contributed by atoms with van der Waals surface area (Å²) in [6, 6.07) is 5.61. The summed E-state index contributed by atoms with van der Waals surface area (Å²) in [5.41, 5.74) is 5.79. The van der Waals surface area contributed by atoms with E-state index in [4.69, 9.17) is 22.1 Å². The molecule has 1 aromatic carbocycles. The maximum absolute atomic E-state index is 12.6. The fourth-order valence-electron chi connectivity index (χ4n) is 2.99. The van der Waals surface area contributed by atoms with E-state index >= 15 is 0 Å². The number of amides is 3. The van der Waals surface area contributed by atoms with Crippen molar-refractivity contribution in [1.29, 1.82) is 0 Å². The fraction of sp³-hybridized carbons (Fsp3) is 0.500. The van der Waals surface area contributed by atoms with Gasteiger partial charge in [-0.2, -0.15) is 0 Å². The average Bonchev–Trinajstić information content (AvgIpc) is 3.20.